The minimum Gasteiger partial charge on any atom is -0.369 e. The zero-order valence-corrected chi connectivity index (χ0v) is 12.8. The average Bonchev–Trinajstić information content (AvgIpc) is 2.81. The monoisotopic (exact) mass is 341 g/mol. The molecule has 0 saturated carbocycles. The van der Waals surface area contributed by atoms with Gasteiger partial charge in [0, 0.05) is 12.2 Å². The number of halogens is 3. The van der Waals surface area contributed by atoms with Gasteiger partial charge in [-0.15, -0.1) is 0 Å². The number of rotatable bonds is 2. The van der Waals surface area contributed by atoms with E-state index in [9.17, 15) is 22.8 Å². The van der Waals surface area contributed by atoms with Crippen LogP contribution in [-0.4, -0.2) is 33.2 Å². The smallest absolute Gasteiger partial charge is 0.369 e. The number of aromatic nitrogens is 3. The number of fused-ring (bicyclic) bond motifs is 1. The van der Waals surface area contributed by atoms with Crippen LogP contribution in [0.15, 0.2) is 11.0 Å². The highest BCUT2D eigenvalue weighted by Gasteiger charge is 2.38. The maximum Gasteiger partial charge on any atom is 0.471 e. The van der Waals surface area contributed by atoms with Crippen molar-refractivity contribution in [3.8, 4) is 11.8 Å². The summed E-state index contributed by atoms with van der Waals surface area (Å²) in [4.78, 5) is 29.2. The van der Waals surface area contributed by atoms with E-state index in [2.05, 4.69) is 21.8 Å². The molecular weight excluding hydrogens is 327 g/mol. The number of aromatic amines is 1. The van der Waals surface area contributed by atoms with Crippen LogP contribution < -0.4 is 16.6 Å². The highest BCUT2D eigenvalue weighted by molar-refractivity contribution is 5.84. The van der Waals surface area contributed by atoms with Gasteiger partial charge >= 0.3 is 12.1 Å². The van der Waals surface area contributed by atoms with Crippen molar-refractivity contribution in [3.63, 3.8) is 0 Å². The Morgan fingerprint density at radius 1 is 1.50 bits per heavy atom. The first-order valence-electron chi connectivity index (χ1n) is 6.85. The molecule has 10 heteroatoms. The van der Waals surface area contributed by atoms with E-state index in [-0.39, 0.29) is 22.9 Å². The third kappa shape index (κ3) is 3.51. The maximum atomic E-state index is 12.1. The molecule has 0 aliphatic rings. The molecule has 0 aliphatic carbocycles. The first-order chi connectivity index (χ1) is 11.1. The topological polar surface area (TPSA) is 106 Å². The predicted molar refractivity (Wildman–Crippen MR) is 81.1 cm³/mol. The second kappa shape index (κ2) is 6.27. The quantitative estimate of drug-likeness (QED) is 0.706. The van der Waals surface area contributed by atoms with Crippen LogP contribution in [0.5, 0.6) is 0 Å². The van der Waals surface area contributed by atoms with Crippen LogP contribution in [0.3, 0.4) is 0 Å². The largest absolute Gasteiger partial charge is 0.471 e. The molecule has 0 aromatic carbocycles. The minimum atomic E-state index is -4.96. The number of hydrogen-bond donors (Lipinski definition) is 3. The molecule has 0 fully saturated rings. The summed E-state index contributed by atoms with van der Waals surface area (Å²) in [7, 11) is 0. The van der Waals surface area contributed by atoms with Gasteiger partial charge in [-0.05, 0) is 13.8 Å². The normalized spacial score (nSPS) is 11.4. The Bertz CT molecular complexity index is 899. The lowest BCUT2D eigenvalue weighted by Crippen LogP contribution is -2.36. The van der Waals surface area contributed by atoms with Crippen molar-refractivity contribution in [2.24, 2.45) is 0 Å². The Kier molecular flexibility index (Phi) is 4.54. The second-order valence-corrected chi connectivity index (χ2v) is 5.18. The lowest BCUT2D eigenvalue weighted by Gasteiger charge is -2.07. The Morgan fingerprint density at radius 2 is 2.17 bits per heavy atom. The van der Waals surface area contributed by atoms with Crippen molar-refractivity contribution in [2.45, 2.75) is 26.1 Å². The molecule has 0 bridgehead atoms. The van der Waals surface area contributed by atoms with E-state index in [1.807, 2.05) is 13.8 Å². The van der Waals surface area contributed by atoms with Crippen LogP contribution in [0.4, 0.5) is 19.1 Å². The third-order valence-corrected chi connectivity index (χ3v) is 3.07. The van der Waals surface area contributed by atoms with Crippen molar-refractivity contribution in [1.29, 1.82) is 0 Å². The fraction of sp³-hybridized carbons (Fsp3) is 0.357. The van der Waals surface area contributed by atoms with E-state index in [1.165, 1.54) is 0 Å². The summed E-state index contributed by atoms with van der Waals surface area (Å²) in [6, 6.07) is -0.0401. The Morgan fingerprint density at radius 3 is 2.75 bits per heavy atom. The average molecular weight is 341 g/mol. The number of carbonyl (C=O) groups excluding carboxylic acids is 1. The number of alkyl halides is 3. The summed E-state index contributed by atoms with van der Waals surface area (Å²) in [5.74, 6) is 2.83. The molecule has 0 spiro atoms. The van der Waals surface area contributed by atoms with Gasteiger partial charge in [-0.1, -0.05) is 11.8 Å². The zero-order chi connectivity index (χ0) is 18.1. The minimum absolute atomic E-state index is 0.0401. The van der Waals surface area contributed by atoms with Gasteiger partial charge < -0.3 is 15.6 Å². The first-order valence-corrected chi connectivity index (χ1v) is 6.85. The Labute approximate surface area is 134 Å². The van der Waals surface area contributed by atoms with Gasteiger partial charge in [0.1, 0.15) is 0 Å². The van der Waals surface area contributed by atoms with Crippen molar-refractivity contribution in [3.05, 3.63) is 22.1 Å². The van der Waals surface area contributed by atoms with Crippen LogP contribution in [0.25, 0.3) is 11.0 Å². The van der Waals surface area contributed by atoms with Crippen molar-refractivity contribution in [2.75, 3.05) is 12.3 Å². The number of nitrogen functional groups attached to an aromatic ring is 1. The predicted octanol–water partition coefficient (Wildman–Crippen LogP) is 0.918. The molecule has 7 nitrogen and oxygen atoms in total. The van der Waals surface area contributed by atoms with Crippen LogP contribution in [-0.2, 0) is 4.79 Å². The first kappa shape index (κ1) is 17.4. The Hall–Kier alpha value is -2.96. The summed E-state index contributed by atoms with van der Waals surface area (Å²) in [6.45, 7) is 3.21. The van der Waals surface area contributed by atoms with E-state index >= 15 is 0 Å². The van der Waals surface area contributed by atoms with Crippen molar-refractivity contribution in [1.82, 2.24) is 19.9 Å². The number of carbonyl (C=O) groups is 1. The van der Waals surface area contributed by atoms with Crippen LogP contribution in [0, 0.1) is 11.8 Å². The van der Waals surface area contributed by atoms with E-state index < -0.39 is 24.2 Å². The van der Waals surface area contributed by atoms with Gasteiger partial charge in [0.2, 0.25) is 5.95 Å². The highest BCUT2D eigenvalue weighted by Crippen LogP contribution is 2.20. The summed E-state index contributed by atoms with van der Waals surface area (Å²) in [6.07, 6.45) is -3.40. The molecule has 0 aliphatic heterocycles. The number of nitrogens with one attached hydrogen (secondary N) is 2. The molecule has 1 amide bonds. The van der Waals surface area contributed by atoms with Crippen LogP contribution in [0.1, 0.15) is 25.5 Å². The van der Waals surface area contributed by atoms with Gasteiger partial charge in [0.25, 0.3) is 5.56 Å². The van der Waals surface area contributed by atoms with Crippen molar-refractivity contribution >= 4 is 22.9 Å². The zero-order valence-electron chi connectivity index (χ0n) is 12.8. The number of amides is 1. The summed E-state index contributed by atoms with van der Waals surface area (Å²) < 4.78 is 37.9. The molecule has 2 rings (SSSR count). The molecule has 2 aromatic heterocycles. The van der Waals surface area contributed by atoms with Crippen molar-refractivity contribution < 1.29 is 18.0 Å². The number of anilines is 1. The van der Waals surface area contributed by atoms with Crippen LogP contribution >= 0.6 is 0 Å². The van der Waals surface area contributed by atoms with Gasteiger partial charge in [0.15, 0.2) is 5.65 Å². The van der Waals surface area contributed by atoms with Crippen LogP contribution in [0.2, 0.25) is 0 Å². The molecule has 24 heavy (non-hydrogen) atoms. The molecule has 2 aromatic rings. The second-order valence-electron chi connectivity index (χ2n) is 5.18. The summed E-state index contributed by atoms with van der Waals surface area (Å²) in [5.41, 5.74) is 5.64. The maximum absolute atomic E-state index is 12.1. The number of nitrogens with zero attached hydrogens (tertiary/aromatic N) is 2. The molecular formula is C14H14F3N5O2. The molecule has 4 N–H and O–H groups in total. The van der Waals surface area contributed by atoms with Gasteiger partial charge in [-0.25, -0.2) is 0 Å². The lowest BCUT2D eigenvalue weighted by molar-refractivity contribution is -0.173. The summed E-state index contributed by atoms with van der Waals surface area (Å²) in [5, 5.41) is 1.82. The number of H-pyrrole nitrogens is 1. The molecule has 0 unspecified atom stereocenters. The number of hydrogen-bond acceptors (Lipinski definition) is 4. The standard InChI is InChI=1S/C14H14F3N5O2/c1-7(2)22-6-8(4-3-5-19-12(24)14(15,16)17)9-10(22)20-13(18)21-11(9)23/h6-7H,5H2,1-2H3,(H,19,24)(H3,18,20,21,23). The fourth-order valence-electron chi connectivity index (χ4n) is 2.03. The molecule has 0 atom stereocenters. The van der Waals surface area contributed by atoms with E-state index in [0.29, 0.717) is 5.65 Å². The van der Waals surface area contributed by atoms with Gasteiger partial charge in [-0.2, -0.15) is 18.2 Å². The number of nitrogens with two attached hydrogens (primary N) is 1. The van der Waals surface area contributed by atoms with E-state index in [1.54, 1.807) is 16.1 Å². The van der Waals surface area contributed by atoms with E-state index in [0.717, 1.165) is 0 Å². The Balaban J connectivity index is 2.36. The van der Waals surface area contributed by atoms with E-state index in [4.69, 9.17) is 5.73 Å². The SMILES string of the molecule is CC(C)n1cc(C#CCNC(=O)C(F)(F)F)c2c(=O)[nH]c(N)nc21. The van der Waals surface area contributed by atoms with Gasteiger partial charge in [-0.3, -0.25) is 14.6 Å². The molecule has 128 valence electrons. The lowest BCUT2D eigenvalue weighted by atomic mass is 10.2. The summed E-state index contributed by atoms with van der Waals surface area (Å²) >= 11 is 0. The molecule has 0 saturated heterocycles. The van der Waals surface area contributed by atoms with Gasteiger partial charge in [0.05, 0.1) is 17.5 Å². The highest BCUT2D eigenvalue weighted by atomic mass is 19.4. The molecule has 2 heterocycles. The fourth-order valence-corrected chi connectivity index (χ4v) is 2.03. The molecule has 0 radical (unpaired) electrons. The third-order valence-electron chi connectivity index (χ3n) is 3.07.